The van der Waals surface area contributed by atoms with Gasteiger partial charge in [0.15, 0.2) is 0 Å². The molecule has 1 aliphatic heterocycles. The Morgan fingerprint density at radius 1 is 1.06 bits per heavy atom. The number of piperazine rings is 1. The molecule has 1 fully saturated rings. The maximum Gasteiger partial charge on any atom is 0.252 e. The van der Waals surface area contributed by atoms with E-state index >= 15 is 0 Å². The summed E-state index contributed by atoms with van der Waals surface area (Å²) in [5.74, 6) is 0.459. The number of aliphatic hydroxyl groups excluding tert-OH is 1. The lowest BCUT2D eigenvalue weighted by atomic mass is 10.1. The smallest absolute Gasteiger partial charge is 0.252 e. The minimum absolute atomic E-state index is 0.142. The lowest BCUT2D eigenvalue weighted by molar-refractivity contribution is 0.216. The maximum absolute atomic E-state index is 13.3. The van der Waals surface area contributed by atoms with Crippen molar-refractivity contribution in [2.45, 2.75) is 10.3 Å². The fraction of sp³-hybridized carbons (Fsp3) is 0.227. The van der Waals surface area contributed by atoms with E-state index in [2.05, 4.69) is 15.0 Å². The minimum atomic E-state index is -3.70. The predicted molar refractivity (Wildman–Crippen MR) is 129 cm³/mol. The van der Waals surface area contributed by atoms with Gasteiger partial charge in [-0.25, -0.2) is 18.4 Å². The zero-order valence-corrected chi connectivity index (χ0v) is 19.8. The van der Waals surface area contributed by atoms with Crippen LogP contribution in [0.5, 0.6) is 0 Å². The third-order valence-corrected chi connectivity index (χ3v) is 9.27. The monoisotopic (exact) mass is 501 g/mol. The number of nitrogens with zero attached hydrogens (tertiary/aromatic N) is 5. The van der Waals surface area contributed by atoms with Gasteiger partial charge in [0.05, 0.1) is 12.6 Å². The molecule has 1 aliphatic rings. The van der Waals surface area contributed by atoms with Crippen LogP contribution in [0.25, 0.3) is 21.2 Å². The average molecular weight is 502 g/mol. The molecule has 0 aliphatic carbocycles. The van der Waals surface area contributed by atoms with E-state index in [1.54, 1.807) is 43.0 Å². The number of hydrogen-bond acceptors (Lipinski definition) is 8. The summed E-state index contributed by atoms with van der Waals surface area (Å²) in [6.07, 6.45) is 6.85. The van der Waals surface area contributed by atoms with Gasteiger partial charge in [-0.1, -0.05) is 17.7 Å². The molecular weight excluding hydrogens is 482 g/mol. The van der Waals surface area contributed by atoms with Crippen molar-refractivity contribution in [1.82, 2.24) is 19.3 Å². The fourth-order valence-electron chi connectivity index (χ4n) is 3.86. The average Bonchev–Trinajstić information content (AvgIpc) is 3.28. The first-order chi connectivity index (χ1) is 16.0. The van der Waals surface area contributed by atoms with Crippen LogP contribution in [0.4, 0.5) is 5.95 Å². The summed E-state index contributed by atoms with van der Waals surface area (Å²) in [5.41, 5.74) is 1.81. The molecule has 33 heavy (non-hydrogen) atoms. The molecular formula is C22H20ClN5O3S2. The molecule has 1 saturated heterocycles. The van der Waals surface area contributed by atoms with Crippen LogP contribution < -0.4 is 4.90 Å². The van der Waals surface area contributed by atoms with Gasteiger partial charge in [-0.15, -0.1) is 11.3 Å². The first-order valence-corrected chi connectivity index (χ1v) is 12.9. The molecule has 0 saturated carbocycles. The normalized spacial score (nSPS) is 17.5. The van der Waals surface area contributed by atoms with E-state index in [1.165, 1.54) is 15.6 Å². The Morgan fingerprint density at radius 3 is 2.55 bits per heavy atom. The molecule has 0 spiro atoms. The van der Waals surface area contributed by atoms with Crippen molar-refractivity contribution in [1.29, 1.82) is 0 Å². The van der Waals surface area contributed by atoms with Crippen molar-refractivity contribution in [3.63, 3.8) is 0 Å². The SMILES string of the molecule is O=S(=O)(c1cc2ccc(Cl)cc2s1)N1CCN(c2ncc(-c3ccncc3)cn2)C(CO)C1. The van der Waals surface area contributed by atoms with E-state index < -0.39 is 16.1 Å². The molecule has 1 unspecified atom stereocenters. The molecule has 4 heterocycles. The number of aliphatic hydroxyl groups is 1. The first kappa shape index (κ1) is 22.2. The summed E-state index contributed by atoms with van der Waals surface area (Å²) in [5, 5.41) is 11.4. The molecule has 1 aromatic carbocycles. The Balaban J connectivity index is 1.36. The highest BCUT2D eigenvalue weighted by Crippen LogP contribution is 2.33. The van der Waals surface area contributed by atoms with Gasteiger partial charge in [-0.2, -0.15) is 4.31 Å². The third-order valence-electron chi connectivity index (χ3n) is 5.62. The largest absolute Gasteiger partial charge is 0.394 e. The van der Waals surface area contributed by atoms with Gasteiger partial charge in [0.2, 0.25) is 5.95 Å². The number of thiophene rings is 1. The van der Waals surface area contributed by atoms with Crippen molar-refractivity contribution in [3.8, 4) is 11.1 Å². The lowest BCUT2D eigenvalue weighted by Gasteiger charge is -2.39. The molecule has 1 N–H and O–H groups in total. The van der Waals surface area contributed by atoms with Gasteiger partial charge in [-0.3, -0.25) is 4.98 Å². The van der Waals surface area contributed by atoms with E-state index in [4.69, 9.17) is 11.6 Å². The molecule has 8 nitrogen and oxygen atoms in total. The highest BCUT2D eigenvalue weighted by atomic mass is 35.5. The first-order valence-electron chi connectivity index (χ1n) is 10.2. The summed E-state index contributed by atoms with van der Waals surface area (Å²) in [6, 6.07) is 10.3. The van der Waals surface area contributed by atoms with Crippen molar-refractivity contribution in [3.05, 3.63) is 66.2 Å². The van der Waals surface area contributed by atoms with Crippen LogP contribution >= 0.6 is 22.9 Å². The number of rotatable bonds is 5. The standard InChI is InChI=1S/C22H20ClN5O3S2/c23-18-2-1-16-9-21(32-20(16)10-18)33(30,31)27-7-8-28(19(13-27)14-29)22-25-11-17(12-26-22)15-3-5-24-6-4-15/h1-6,9-12,19,29H,7-8,13-14H2. The molecule has 1 atom stereocenters. The summed E-state index contributed by atoms with van der Waals surface area (Å²) >= 11 is 7.24. The van der Waals surface area contributed by atoms with Crippen molar-refractivity contribution >= 4 is 49.0 Å². The topological polar surface area (TPSA) is 99.5 Å². The van der Waals surface area contributed by atoms with E-state index in [0.717, 1.165) is 21.2 Å². The minimum Gasteiger partial charge on any atom is -0.394 e. The molecule has 3 aromatic heterocycles. The van der Waals surface area contributed by atoms with Gasteiger partial charge in [0, 0.05) is 59.7 Å². The second kappa shape index (κ2) is 8.96. The molecule has 0 radical (unpaired) electrons. The molecule has 0 amide bonds. The summed E-state index contributed by atoms with van der Waals surface area (Å²) in [7, 11) is -3.70. The number of pyridine rings is 1. The lowest BCUT2D eigenvalue weighted by Crippen LogP contribution is -2.56. The highest BCUT2D eigenvalue weighted by Gasteiger charge is 2.36. The number of fused-ring (bicyclic) bond motifs is 1. The Morgan fingerprint density at radius 2 is 1.82 bits per heavy atom. The van der Waals surface area contributed by atoms with Crippen LogP contribution in [-0.2, 0) is 10.0 Å². The number of sulfonamides is 1. The van der Waals surface area contributed by atoms with Crippen molar-refractivity contribution in [2.24, 2.45) is 0 Å². The molecule has 0 bridgehead atoms. The van der Waals surface area contributed by atoms with Crippen LogP contribution in [0.2, 0.25) is 5.02 Å². The van der Waals surface area contributed by atoms with Crippen LogP contribution in [0.15, 0.2) is 65.4 Å². The maximum atomic E-state index is 13.3. The summed E-state index contributed by atoms with van der Waals surface area (Å²) in [4.78, 5) is 14.8. The van der Waals surface area contributed by atoms with E-state index in [-0.39, 0.29) is 23.9 Å². The Kier molecular flexibility index (Phi) is 6.02. The molecule has 170 valence electrons. The fourth-order valence-corrected chi connectivity index (χ4v) is 7.16. The Labute approximate surface area is 200 Å². The molecule has 4 aromatic rings. The number of aromatic nitrogens is 3. The van der Waals surface area contributed by atoms with E-state index in [0.29, 0.717) is 17.5 Å². The number of benzene rings is 1. The van der Waals surface area contributed by atoms with Crippen LogP contribution in [-0.4, -0.2) is 65.1 Å². The predicted octanol–water partition coefficient (Wildman–Crippen LogP) is 3.28. The zero-order valence-electron chi connectivity index (χ0n) is 17.4. The molecule has 11 heteroatoms. The van der Waals surface area contributed by atoms with Crippen LogP contribution in [0.3, 0.4) is 0 Å². The number of hydrogen-bond donors (Lipinski definition) is 1. The van der Waals surface area contributed by atoms with Crippen molar-refractivity contribution in [2.75, 3.05) is 31.1 Å². The van der Waals surface area contributed by atoms with Gasteiger partial charge < -0.3 is 10.0 Å². The Hall–Kier alpha value is -2.63. The quantitative estimate of drug-likeness (QED) is 0.448. The van der Waals surface area contributed by atoms with Gasteiger partial charge in [-0.05, 0) is 41.3 Å². The number of anilines is 1. The van der Waals surface area contributed by atoms with Gasteiger partial charge in [0.1, 0.15) is 4.21 Å². The second-order valence-electron chi connectivity index (χ2n) is 7.65. The van der Waals surface area contributed by atoms with E-state index in [1.807, 2.05) is 23.1 Å². The van der Waals surface area contributed by atoms with Crippen LogP contribution in [0, 0.1) is 0 Å². The zero-order chi connectivity index (χ0) is 23.0. The summed E-state index contributed by atoms with van der Waals surface area (Å²) in [6.45, 7) is 0.561. The third kappa shape index (κ3) is 4.32. The van der Waals surface area contributed by atoms with Crippen molar-refractivity contribution < 1.29 is 13.5 Å². The van der Waals surface area contributed by atoms with Crippen LogP contribution in [0.1, 0.15) is 0 Å². The van der Waals surface area contributed by atoms with E-state index in [9.17, 15) is 13.5 Å². The summed E-state index contributed by atoms with van der Waals surface area (Å²) < 4.78 is 29.1. The second-order valence-corrected chi connectivity index (χ2v) is 11.3. The highest BCUT2D eigenvalue weighted by molar-refractivity contribution is 7.91. The van der Waals surface area contributed by atoms with Gasteiger partial charge in [0.25, 0.3) is 10.0 Å². The molecule has 5 rings (SSSR count). The van der Waals surface area contributed by atoms with Gasteiger partial charge >= 0.3 is 0 Å². The number of halogens is 1. The Bertz CT molecular complexity index is 1380.